The van der Waals surface area contributed by atoms with Crippen molar-refractivity contribution in [3.8, 4) is 0 Å². The molecule has 0 aliphatic heterocycles. The van der Waals surface area contributed by atoms with Crippen LogP contribution in [0.5, 0.6) is 0 Å². The highest BCUT2D eigenvalue weighted by Gasteiger charge is 2.13. The first-order valence-electron chi connectivity index (χ1n) is 4.69. The van der Waals surface area contributed by atoms with Crippen molar-refractivity contribution in [1.82, 2.24) is 0 Å². The van der Waals surface area contributed by atoms with E-state index in [-0.39, 0.29) is 0 Å². The molecule has 0 aliphatic rings. The minimum atomic E-state index is -0.551. The first-order chi connectivity index (χ1) is 5.72. The van der Waals surface area contributed by atoms with Gasteiger partial charge >= 0.3 is 0 Å². The summed E-state index contributed by atoms with van der Waals surface area (Å²) in [5, 5.41) is 18.7. The molecular weight excluding hydrogens is 152 g/mol. The summed E-state index contributed by atoms with van der Waals surface area (Å²) in [4.78, 5) is 0. The fourth-order valence-corrected chi connectivity index (χ4v) is 1.15. The third kappa shape index (κ3) is 5.33. The second kappa shape index (κ2) is 7.32. The van der Waals surface area contributed by atoms with Gasteiger partial charge in [-0.25, -0.2) is 0 Å². The Balaban J connectivity index is 3.41. The zero-order valence-electron chi connectivity index (χ0n) is 7.87. The van der Waals surface area contributed by atoms with Crippen LogP contribution in [0.15, 0.2) is 12.7 Å². The maximum absolute atomic E-state index is 9.39. The Labute approximate surface area is 74.9 Å². The second-order valence-electron chi connectivity index (χ2n) is 3.14. The van der Waals surface area contributed by atoms with Crippen LogP contribution in [0.25, 0.3) is 0 Å². The molecule has 2 heteroatoms. The summed E-state index contributed by atoms with van der Waals surface area (Å²) >= 11 is 0. The van der Waals surface area contributed by atoms with Crippen molar-refractivity contribution >= 4 is 0 Å². The quantitative estimate of drug-likeness (QED) is 0.454. The maximum Gasteiger partial charge on any atom is 0.0799 e. The molecule has 2 N–H and O–H groups in total. The molecule has 0 aromatic rings. The number of allylic oxidation sites excluding steroid dienone is 1. The summed E-state index contributed by atoms with van der Waals surface area (Å²) in [7, 11) is 0. The maximum atomic E-state index is 9.39. The lowest BCUT2D eigenvalue weighted by atomic mass is 10.0. The molecule has 12 heavy (non-hydrogen) atoms. The van der Waals surface area contributed by atoms with E-state index in [2.05, 4.69) is 6.58 Å². The molecule has 0 aliphatic carbocycles. The van der Waals surface area contributed by atoms with Crippen molar-refractivity contribution in [2.75, 3.05) is 0 Å². The Bertz CT molecular complexity index is 112. The van der Waals surface area contributed by atoms with E-state index in [1.54, 1.807) is 0 Å². The van der Waals surface area contributed by atoms with Gasteiger partial charge in [-0.1, -0.05) is 19.4 Å². The average molecular weight is 172 g/mol. The van der Waals surface area contributed by atoms with Crippen molar-refractivity contribution in [3.05, 3.63) is 12.7 Å². The molecule has 72 valence electrons. The molecule has 0 spiro atoms. The van der Waals surface area contributed by atoms with E-state index in [4.69, 9.17) is 0 Å². The molecule has 0 saturated carbocycles. The molecule has 0 heterocycles. The van der Waals surface area contributed by atoms with Crippen LogP contribution in [0, 0.1) is 0 Å². The summed E-state index contributed by atoms with van der Waals surface area (Å²) in [6, 6.07) is 0. The molecule has 2 atom stereocenters. The van der Waals surface area contributed by atoms with Crippen LogP contribution < -0.4 is 0 Å². The lowest BCUT2D eigenvalue weighted by Gasteiger charge is -2.16. The molecule has 0 saturated heterocycles. The Kier molecular flexibility index (Phi) is 7.11. The predicted octanol–water partition coefficient (Wildman–Crippen LogP) is 1.86. The van der Waals surface area contributed by atoms with Gasteiger partial charge in [0.15, 0.2) is 0 Å². The van der Waals surface area contributed by atoms with E-state index in [9.17, 15) is 10.2 Å². The third-order valence-electron chi connectivity index (χ3n) is 1.94. The van der Waals surface area contributed by atoms with Gasteiger partial charge in [-0.15, -0.1) is 6.58 Å². The monoisotopic (exact) mass is 172 g/mol. The second-order valence-corrected chi connectivity index (χ2v) is 3.14. The highest BCUT2D eigenvalue weighted by atomic mass is 16.3. The highest BCUT2D eigenvalue weighted by molar-refractivity contribution is 4.71. The number of hydrogen-bond acceptors (Lipinski definition) is 2. The Hall–Kier alpha value is -0.340. The van der Waals surface area contributed by atoms with Crippen LogP contribution in [0.4, 0.5) is 0 Å². The molecule has 0 aromatic carbocycles. The zero-order chi connectivity index (χ0) is 9.40. The highest BCUT2D eigenvalue weighted by Crippen LogP contribution is 2.09. The number of hydrogen-bond donors (Lipinski definition) is 2. The molecule has 0 radical (unpaired) electrons. The fourth-order valence-electron chi connectivity index (χ4n) is 1.15. The van der Waals surface area contributed by atoms with Gasteiger partial charge in [-0.2, -0.15) is 0 Å². The van der Waals surface area contributed by atoms with E-state index in [0.717, 1.165) is 19.3 Å². The molecule has 2 unspecified atom stereocenters. The van der Waals surface area contributed by atoms with Crippen molar-refractivity contribution in [3.63, 3.8) is 0 Å². The van der Waals surface area contributed by atoms with E-state index >= 15 is 0 Å². The van der Waals surface area contributed by atoms with Gasteiger partial charge in [-0.3, -0.25) is 0 Å². The van der Waals surface area contributed by atoms with Crippen LogP contribution in [-0.2, 0) is 0 Å². The van der Waals surface area contributed by atoms with Gasteiger partial charge < -0.3 is 10.2 Å². The number of aliphatic hydroxyl groups is 2. The van der Waals surface area contributed by atoms with E-state index in [1.807, 2.05) is 13.0 Å². The van der Waals surface area contributed by atoms with Gasteiger partial charge in [0.1, 0.15) is 0 Å². The fraction of sp³-hybridized carbons (Fsp3) is 0.800. The predicted molar refractivity (Wildman–Crippen MR) is 51.0 cm³/mol. The van der Waals surface area contributed by atoms with Gasteiger partial charge in [0, 0.05) is 0 Å². The molecule has 0 amide bonds. The van der Waals surface area contributed by atoms with Gasteiger partial charge in [0.25, 0.3) is 0 Å². The van der Waals surface area contributed by atoms with Gasteiger partial charge in [0.05, 0.1) is 12.2 Å². The Morgan fingerprint density at radius 3 is 2.33 bits per heavy atom. The SMILES string of the molecule is C=CCCCC(O)C(O)CCC. The first kappa shape index (κ1) is 11.7. The normalized spacial score (nSPS) is 15.6. The Morgan fingerprint density at radius 2 is 1.83 bits per heavy atom. The largest absolute Gasteiger partial charge is 0.390 e. The molecular formula is C10H20O2. The summed E-state index contributed by atoms with van der Waals surface area (Å²) in [5.41, 5.74) is 0. The molecule has 0 rings (SSSR count). The average Bonchev–Trinajstić information content (AvgIpc) is 2.05. The van der Waals surface area contributed by atoms with Gasteiger partial charge in [0.2, 0.25) is 0 Å². The summed E-state index contributed by atoms with van der Waals surface area (Å²) < 4.78 is 0. The molecule has 2 nitrogen and oxygen atoms in total. The van der Waals surface area contributed by atoms with Crippen molar-refractivity contribution in [1.29, 1.82) is 0 Å². The van der Waals surface area contributed by atoms with Gasteiger partial charge in [-0.05, 0) is 25.7 Å². The van der Waals surface area contributed by atoms with Crippen molar-refractivity contribution < 1.29 is 10.2 Å². The van der Waals surface area contributed by atoms with E-state index in [0.29, 0.717) is 12.8 Å². The van der Waals surface area contributed by atoms with E-state index in [1.165, 1.54) is 0 Å². The molecule has 0 aromatic heterocycles. The topological polar surface area (TPSA) is 40.5 Å². The number of unbranched alkanes of at least 4 members (excludes halogenated alkanes) is 1. The summed E-state index contributed by atoms with van der Waals surface area (Å²) in [6.45, 7) is 5.59. The first-order valence-corrected chi connectivity index (χ1v) is 4.69. The minimum absolute atomic E-state index is 0.542. The smallest absolute Gasteiger partial charge is 0.0799 e. The van der Waals surface area contributed by atoms with E-state index < -0.39 is 12.2 Å². The molecule has 0 bridgehead atoms. The molecule has 0 fully saturated rings. The van der Waals surface area contributed by atoms with Crippen LogP contribution in [0.1, 0.15) is 39.0 Å². The van der Waals surface area contributed by atoms with Crippen LogP contribution in [-0.4, -0.2) is 22.4 Å². The minimum Gasteiger partial charge on any atom is -0.390 e. The van der Waals surface area contributed by atoms with Crippen molar-refractivity contribution in [2.24, 2.45) is 0 Å². The lowest BCUT2D eigenvalue weighted by molar-refractivity contribution is 0.00867. The van der Waals surface area contributed by atoms with Crippen LogP contribution in [0.3, 0.4) is 0 Å². The zero-order valence-corrected chi connectivity index (χ0v) is 7.87. The van der Waals surface area contributed by atoms with Crippen LogP contribution >= 0.6 is 0 Å². The van der Waals surface area contributed by atoms with Crippen LogP contribution in [0.2, 0.25) is 0 Å². The number of rotatable bonds is 7. The third-order valence-corrected chi connectivity index (χ3v) is 1.94. The standard InChI is InChI=1S/C10H20O2/c1-3-5-6-8-10(12)9(11)7-4-2/h3,9-12H,1,4-8H2,2H3. The van der Waals surface area contributed by atoms with Crippen molar-refractivity contribution in [2.45, 2.75) is 51.2 Å². The number of aliphatic hydroxyl groups excluding tert-OH is 2. The Morgan fingerprint density at radius 1 is 1.25 bits per heavy atom. The summed E-state index contributed by atoms with van der Waals surface area (Å²) in [5.74, 6) is 0. The lowest BCUT2D eigenvalue weighted by Crippen LogP contribution is -2.25. The summed E-state index contributed by atoms with van der Waals surface area (Å²) in [6.07, 6.45) is 4.84.